The molecule has 4 aromatic rings. The summed E-state index contributed by atoms with van der Waals surface area (Å²) in [5.74, 6) is -0.903. The molecule has 4 heteroatoms. The van der Waals surface area contributed by atoms with Crippen molar-refractivity contribution in [3.8, 4) is 11.1 Å². The fourth-order valence-electron chi connectivity index (χ4n) is 2.71. The van der Waals surface area contributed by atoms with Crippen LogP contribution in [-0.2, 0) is 0 Å². The zero-order chi connectivity index (χ0) is 24.2. The molecule has 0 aromatic heterocycles. The minimum absolute atomic E-state index is 0.171. The van der Waals surface area contributed by atoms with E-state index in [1.54, 1.807) is 48.5 Å². The molecule has 0 N–H and O–H groups in total. The molecule has 0 atom stereocenters. The van der Waals surface area contributed by atoms with Crippen molar-refractivity contribution in [3.05, 3.63) is 138 Å². The third-order valence-corrected chi connectivity index (χ3v) is 4.71. The van der Waals surface area contributed by atoms with Crippen molar-refractivity contribution in [3.63, 3.8) is 0 Å². The maximum atomic E-state index is 12.6. The van der Waals surface area contributed by atoms with Crippen LogP contribution in [0.4, 0.5) is 17.6 Å². The maximum Gasteiger partial charge on any atom is 0.123 e. The molecule has 0 aliphatic carbocycles. The Bertz CT molecular complexity index is 1050. The molecular formula is C29H26F4. The van der Waals surface area contributed by atoms with E-state index < -0.39 is 0 Å². The number of benzene rings is 4. The summed E-state index contributed by atoms with van der Waals surface area (Å²) in [6.45, 7) is 7.81. The normalized spacial score (nSPS) is 9.76. The molecule has 0 saturated heterocycles. The highest BCUT2D eigenvalue weighted by molar-refractivity contribution is 5.63. The van der Waals surface area contributed by atoms with Gasteiger partial charge in [0.15, 0.2) is 0 Å². The Hall–Kier alpha value is -3.66. The molecule has 0 heterocycles. The summed E-state index contributed by atoms with van der Waals surface area (Å²) < 4.78 is 49.7. The van der Waals surface area contributed by atoms with Crippen LogP contribution < -0.4 is 0 Å². The fourth-order valence-corrected chi connectivity index (χ4v) is 2.71. The van der Waals surface area contributed by atoms with Gasteiger partial charge in [-0.1, -0.05) is 67.6 Å². The van der Waals surface area contributed by atoms with Gasteiger partial charge in [0.2, 0.25) is 0 Å². The molecule has 0 aliphatic heterocycles. The topological polar surface area (TPSA) is 0 Å². The third kappa shape index (κ3) is 9.16. The predicted molar refractivity (Wildman–Crippen MR) is 129 cm³/mol. The summed E-state index contributed by atoms with van der Waals surface area (Å²) in [4.78, 5) is 0. The molecule has 0 aliphatic rings. The van der Waals surface area contributed by atoms with Crippen molar-refractivity contribution in [2.24, 2.45) is 0 Å². The first kappa shape index (κ1) is 25.6. The van der Waals surface area contributed by atoms with Crippen molar-refractivity contribution in [1.29, 1.82) is 0 Å². The Labute approximate surface area is 192 Å². The van der Waals surface area contributed by atoms with Crippen LogP contribution in [0.25, 0.3) is 16.7 Å². The highest BCUT2D eigenvalue weighted by Gasteiger charge is 1.98. The van der Waals surface area contributed by atoms with Crippen molar-refractivity contribution in [2.75, 3.05) is 0 Å². The van der Waals surface area contributed by atoms with Crippen molar-refractivity contribution < 1.29 is 17.6 Å². The van der Waals surface area contributed by atoms with Crippen LogP contribution in [0.15, 0.2) is 104 Å². The molecule has 0 amide bonds. The maximum absolute atomic E-state index is 12.6. The smallest absolute Gasteiger partial charge is 0.123 e. The first-order chi connectivity index (χ1) is 15.8. The molecule has 0 spiro atoms. The van der Waals surface area contributed by atoms with E-state index >= 15 is 0 Å². The van der Waals surface area contributed by atoms with Gasteiger partial charge in [0.05, 0.1) is 0 Å². The summed E-state index contributed by atoms with van der Waals surface area (Å²) in [6, 6.07) is 25.0. The molecule has 0 saturated carbocycles. The highest BCUT2D eigenvalue weighted by atomic mass is 19.1. The molecule has 0 nitrogen and oxygen atoms in total. The minimum atomic E-state index is -0.268. The van der Waals surface area contributed by atoms with Gasteiger partial charge in [-0.2, -0.15) is 0 Å². The standard InChI is InChI=1S/C12H8F2.C10H11F.C7H7F/c13-11-5-1-9(2-6-11)10-3-7-12(14)8-4-10;1-3-8(2)9-4-6-10(11)7-5-9;1-6-2-4-7(8)5-3-6/h1-8H;4-7H,2-3H2,1H3;2-5H,1H3. The highest BCUT2D eigenvalue weighted by Crippen LogP contribution is 2.19. The van der Waals surface area contributed by atoms with E-state index in [4.69, 9.17) is 0 Å². The van der Waals surface area contributed by atoms with E-state index in [9.17, 15) is 17.6 Å². The predicted octanol–water partition coefficient (Wildman–Crippen LogP) is 9.01. The molecule has 0 fully saturated rings. The SMILES string of the molecule is C=C(CC)c1ccc(F)cc1.Cc1ccc(F)cc1.Fc1ccc(-c2ccc(F)cc2)cc1. The molecule has 4 rings (SSSR count). The zero-order valence-electron chi connectivity index (χ0n) is 18.7. The quantitative estimate of drug-likeness (QED) is 0.273. The molecule has 170 valence electrons. The summed E-state index contributed by atoms with van der Waals surface area (Å²) >= 11 is 0. The summed E-state index contributed by atoms with van der Waals surface area (Å²) in [5, 5.41) is 0. The minimum Gasteiger partial charge on any atom is -0.207 e. The molecule has 33 heavy (non-hydrogen) atoms. The third-order valence-electron chi connectivity index (χ3n) is 4.71. The lowest BCUT2D eigenvalue weighted by atomic mass is 10.1. The first-order valence-electron chi connectivity index (χ1n) is 10.5. The lowest BCUT2D eigenvalue weighted by molar-refractivity contribution is 0.627. The van der Waals surface area contributed by atoms with Gasteiger partial charge in [-0.3, -0.25) is 0 Å². The van der Waals surface area contributed by atoms with E-state index in [1.165, 1.54) is 48.5 Å². The van der Waals surface area contributed by atoms with Gasteiger partial charge in [-0.25, -0.2) is 17.6 Å². The van der Waals surface area contributed by atoms with E-state index in [0.717, 1.165) is 34.2 Å². The Morgan fingerprint density at radius 3 is 1.15 bits per heavy atom. The lowest BCUT2D eigenvalue weighted by Gasteiger charge is -2.00. The number of rotatable bonds is 3. The number of hydrogen-bond acceptors (Lipinski definition) is 0. The average Bonchev–Trinajstić information content (AvgIpc) is 2.83. The molecule has 0 radical (unpaired) electrons. The second-order valence-corrected chi connectivity index (χ2v) is 7.27. The number of aryl methyl sites for hydroxylation is 1. The molecule has 4 aromatic carbocycles. The van der Waals surface area contributed by atoms with Gasteiger partial charge in [-0.15, -0.1) is 0 Å². The van der Waals surface area contributed by atoms with E-state index in [0.29, 0.717) is 0 Å². The molecular weight excluding hydrogens is 424 g/mol. The second-order valence-electron chi connectivity index (χ2n) is 7.27. The largest absolute Gasteiger partial charge is 0.207 e. The molecule has 0 bridgehead atoms. The van der Waals surface area contributed by atoms with Crippen LogP contribution in [0.2, 0.25) is 0 Å². The summed E-state index contributed by atoms with van der Waals surface area (Å²) in [5.41, 5.74) is 4.92. The number of halogens is 4. The van der Waals surface area contributed by atoms with Gasteiger partial charge >= 0.3 is 0 Å². The van der Waals surface area contributed by atoms with Gasteiger partial charge in [-0.05, 0) is 84.1 Å². The van der Waals surface area contributed by atoms with Crippen molar-refractivity contribution in [2.45, 2.75) is 20.3 Å². The summed E-state index contributed by atoms with van der Waals surface area (Å²) in [6.07, 6.45) is 0.908. The van der Waals surface area contributed by atoms with Crippen molar-refractivity contribution in [1.82, 2.24) is 0 Å². The second kappa shape index (κ2) is 13.0. The number of hydrogen-bond donors (Lipinski definition) is 0. The fraction of sp³-hybridized carbons (Fsp3) is 0.103. The molecule has 0 unspecified atom stereocenters. The van der Waals surface area contributed by atoms with Crippen LogP contribution >= 0.6 is 0 Å². The Kier molecular flexibility index (Phi) is 10.1. The van der Waals surface area contributed by atoms with Crippen LogP contribution in [0.3, 0.4) is 0 Å². The van der Waals surface area contributed by atoms with E-state index in [-0.39, 0.29) is 23.3 Å². The monoisotopic (exact) mass is 450 g/mol. The van der Waals surface area contributed by atoms with Gasteiger partial charge < -0.3 is 0 Å². The van der Waals surface area contributed by atoms with Crippen molar-refractivity contribution >= 4 is 5.57 Å². The van der Waals surface area contributed by atoms with E-state index in [2.05, 4.69) is 6.58 Å². The Morgan fingerprint density at radius 1 is 0.545 bits per heavy atom. The lowest BCUT2D eigenvalue weighted by Crippen LogP contribution is -1.80. The van der Waals surface area contributed by atoms with E-state index in [1.807, 2.05) is 13.8 Å². The van der Waals surface area contributed by atoms with Gasteiger partial charge in [0.1, 0.15) is 23.3 Å². The zero-order valence-corrected chi connectivity index (χ0v) is 18.7. The Morgan fingerprint density at radius 2 is 0.848 bits per heavy atom. The Balaban J connectivity index is 0.000000182. The number of allylic oxidation sites excluding steroid dienone is 1. The van der Waals surface area contributed by atoms with Crippen LogP contribution in [0.1, 0.15) is 24.5 Å². The first-order valence-corrected chi connectivity index (χ1v) is 10.5. The van der Waals surface area contributed by atoms with Crippen LogP contribution in [-0.4, -0.2) is 0 Å². The summed E-state index contributed by atoms with van der Waals surface area (Å²) in [7, 11) is 0. The van der Waals surface area contributed by atoms with Crippen LogP contribution in [0.5, 0.6) is 0 Å². The average molecular weight is 451 g/mol. The van der Waals surface area contributed by atoms with Gasteiger partial charge in [0.25, 0.3) is 0 Å². The van der Waals surface area contributed by atoms with Gasteiger partial charge in [0, 0.05) is 0 Å². The van der Waals surface area contributed by atoms with Crippen LogP contribution in [0, 0.1) is 30.2 Å².